The molecule has 0 bridgehead atoms. The van der Waals surface area contributed by atoms with Gasteiger partial charge in [-0.2, -0.15) is 23.4 Å². The fraction of sp³-hybridized carbons (Fsp3) is 0.364. The van der Waals surface area contributed by atoms with E-state index >= 15 is 0 Å². The fourth-order valence-corrected chi connectivity index (χ4v) is 2.50. The molecule has 0 aliphatic carbocycles. The van der Waals surface area contributed by atoms with E-state index < -0.39 is 17.8 Å². The Morgan fingerprint density at radius 1 is 1.43 bits per heavy atom. The number of alkyl halides is 3. The minimum atomic E-state index is -4.63. The summed E-state index contributed by atoms with van der Waals surface area (Å²) in [6.07, 6.45) is -1.38. The monoisotopic (exact) mass is 365 g/mol. The number of nitrogens with one attached hydrogen (secondary N) is 1. The minimum absolute atomic E-state index is 0.158. The van der Waals surface area contributed by atoms with Crippen molar-refractivity contribution >= 4 is 21.8 Å². The Kier molecular flexibility index (Phi) is 4.08. The molecule has 10 heteroatoms. The molecular formula is C11H11BrF3N5O. The van der Waals surface area contributed by atoms with E-state index in [-0.39, 0.29) is 16.7 Å². The zero-order valence-electron chi connectivity index (χ0n) is 11.1. The normalized spacial score (nSPS) is 11.7. The third-order valence-corrected chi connectivity index (χ3v) is 3.44. The van der Waals surface area contributed by atoms with Crippen LogP contribution in [-0.4, -0.2) is 25.5 Å². The molecule has 0 spiro atoms. The molecule has 0 radical (unpaired) electrons. The van der Waals surface area contributed by atoms with Crippen LogP contribution in [0.4, 0.5) is 13.2 Å². The van der Waals surface area contributed by atoms with Crippen LogP contribution < -0.4 is 5.32 Å². The third kappa shape index (κ3) is 3.26. The van der Waals surface area contributed by atoms with E-state index in [0.717, 1.165) is 10.2 Å². The summed E-state index contributed by atoms with van der Waals surface area (Å²) >= 11 is 2.79. The smallest absolute Gasteiger partial charge is 0.346 e. The lowest BCUT2D eigenvalue weighted by molar-refractivity contribution is -0.142. The summed E-state index contributed by atoms with van der Waals surface area (Å²) in [4.78, 5) is 12.0. The van der Waals surface area contributed by atoms with Gasteiger partial charge < -0.3 is 5.32 Å². The quantitative estimate of drug-likeness (QED) is 0.902. The predicted molar refractivity (Wildman–Crippen MR) is 70.3 cm³/mol. The first-order valence-electron chi connectivity index (χ1n) is 5.75. The average Bonchev–Trinajstić information content (AvgIpc) is 2.90. The summed E-state index contributed by atoms with van der Waals surface area (Å²) in [5.41, 5.74) is -0.581. The Labute approximate surface area is 126 Å². The summed E-state index contributed by atoms with van der Waals surface area (Å²) in [7, 11) is 3.00. The van der Waals surface area contributed by atoms with Crippen molar-refractivity contribution in [2.45, 2.75) is 12.7 Å². The van der Waals surface area contributed by atoms with Crippen molar-refractivity contribution < 1.29 is 18.0 Å². The Hall–Kier alpha value is -1.84. The van der Waals surface area contributed by atoms with Crippen molar-refractivity contribution in [1.82, 2.24) is 24.9 Å². The first-order valence-corrected chi connectivity index (χ1v) is 6.55. The molecule has 21 heavy (non-hydrogen) atoms. The van der Waals surface area contributed by atoms with Gasteiger partial charge in [0.25, 0.3) is 5.91 Å². The van der Waals surface area contributed by atoms with Crippen molar-refractivity contribution in [2.24, 2.45) is 14.1 Å². The topological polar surface area (TPSA) is 64.7 Å². The highest BCUT2D eigenvalue weighted by Crippen LogP contribution is 2.35. The van der Waals surface area contributed by atoms with E-state index in [0.29, 0.717) is 0 Å². The Bertz CT molecular complexity index is 676. The molecule has 2 aromatic rings. The van der Waals surface area contributed by atoms with Crippen LogP contribution in [0.2, 0.25) is 0 Å². The van der Waals surface area contributed by atoms with E-state index in [1.807, 2.05) is 0 Å². The number of hydrogen-bond donors (Lipinski definition) is 1. The maximum atomic E-state index is 12.7. The van der Waals surface area contributed by atoms with E-state index in [2.05, 4.69) is 31.4 Å². The van der Waals surface area contributed by atoms with Gasteiger partial charge in [0, 0.05) is 32.4 Å². The molecule has 0 atom stereocenters. The molecule has 2 rings (SSSR count). The predicted octanol–water partition coefficient (Wildman–Crippen LogP) is 1.86. The van der Waals surface area contributed by atoms with Crippen LogP contribution in [0, 0.1) is 0 Å². The highest BCUT2D eigenvalue weighted by molar-refractivity contribution is 9.10. The van der Waals surface area contributed by atoms with Crippen LogP contribution in [0.3, 0.4) is 0 Å². The number of halogens is 4. The molecule has 2 aromatic heterocycles. The second kappa shape index (κ2) is 5.51. The maximum Gasteiger partial charge on any atom is 0.436 e. The molecule has 6 nitrogen and oxygen atoms in total. The standard InChI is InChI=1S/C11H11BrF3N5O/c1-19-5-6(4-17-19)3-16-10(21)8-7(12)9(11(13,14)15)18-20(8)2/h4-5H,3H2,1-2H3,(H,16,21). The number of nitrogens with zero attached hydrogens (tertiary/aromatic N) is 4. The second-order valence-corrected chi connectivity index (χ2v) is 5.13. The zero-order chi connectivity index (χ0) is 15.8. The van der Waals surface area contributed by atoms with E-state index in [4.69, 9.17) is 0 Å². The van der Waals surface area contributed by atoms with E-state index in [9.17, 15) is 18.0 Å². The number of amides is 1. The van der Waals surface area contributed by atoms with E-state index in [1.165, 1.54) is 7.05 Å². The minimum Gasteiger partial charge on any atom is -0.346 e. The Morgan fingerprint density at radius 3 is 2.57 bits per heavy atom. The molecule has 0 saturated heterocycles. The first-order chi connectivity index (χ1) is 9.70. The molecule has 114 valence electrons. The number of hydrogen-bond acceptors (Lipinski definition) is 3. The molecule has 0 aliphatic rings. The number of carbonyl (C=O) groups is 1. The van der Waals surface area contributed by atoms with Gasteiger partial charge in [-0.15, -0.1) is 0 Å². The van der Waals surface area contributed by atoms with Crippen molar-refractivity contribution in [3.63, 3.8) is 0 Å². The lowest BCUT2D eigenvalue weighted by atomic mass is 10.3. The summed E-state index contributed by atoms with van der Waals surface area (Å²) in [5, 5.41) is 9.78. The first kappa shape index (κ1) is 15.5. The molecule has 0 fully saturated rings. The van der Waals surface area contributed by atoms with Gasteiger partial charge in [-0.25, -0.2) is 0 Å². The largest absolute Gasteiger partial charge is 0.436 e. The average molecular weight is 366 g/mol. The highest BCUT2D eigenvalue weighted by Gasteiger charge is 2.39. The summed E-state index contributed by atoms with van der Waals surface area (Å²) in [5.74, 6) is -0.656. The summed E-state index contributed by atoms with van der Waals surface area (Å²) < 4.78 is 40.2. The number of rotatable bonds is 3. The summed E-state index contributed by atoms with van der Waals surface area (Å²) in [6, 6.07) is 0. The van der Waals surface area contributed by atoms with Crippen molar-refractivity contribution in [3.05, 3.63) is 33.8 Å². The molecule has 0 unspecified atom stereocenters. The molecule has 0 aliphatic heterocycles. The third-order valence-electron chi connectivity index (χ3n) is 2.68. The van der Waals surface area contributed by atoms with Gasteiger partial charge in [0.2, 0.25) is 0 Å². The van der Waals surface area contributed by atoms with Gasteiger partial charge in [0.1, 0.15) is 5.69 Å². The van der Waals surface area contributed by atoms with Gasteiger partial charge in [-0.1, -0.05) is 0 Å². The lowest BCUT2D eigenvalue weighted by Gasteiger charge is -2.04. The second-order valence-electron chi connectivity index (χ2n) is 4.34. The molecule has 0 aromatic carbocycles. The Balaban J connectivity index is 2.18. The van der Waals surface area contributed by atoms with Crippen molar-refractivity contribution in [3.8, 4) is 0 Å². The van der Waals surface area contributed by atoms with Gasteiger partial charge in [-0.3, -0.25) is 14.2 Å². The van der Waals surface area contributed by atoms with Gasteiger partial charge in [-0.05, 0) is 15.9 Å². The van der Waals surface area contributed by atoms with Crippen LogP contribution in [-0.2, 0) is 26.8 Å². The SMILES string of the molecule is Cn1cc(CNC(=O)c2c(Br)c(C(F)(F)F)nn2C)cn1. The van der Waals surface area contributed by atoms with Gasteiger partial charge in [0.05, 0.1) is 10.7 Å². The molecule has 0 saturated carbocycles. The lowest BCUT2D eigenvalue weighted by Crippen LogP contribution is -2.25. The van der Waals surface area contributed by atoms with Crippen LogP contribution in [0.25, 0.3) is 0 Å². The zero-order valence-corrected chi connectivity index (χ0v) is 12.7. The summed E-state index contributed by atoms with van der Waals surface area (Å²) in [6.45, 7) is 0.158. The van der Waals surface area contributed by atoms with Gasteiger partial charge >= 0.3 is 6.18 Å². The van der Waals surface area contributed by atoms with Gasteiger partial charge in [0.15, 0.2) is 5.69 Å². The molecule has 2 heterocycles. The van der Waals surface area contributed by atoms with Crippen molar-refractivity contribution in [2.75, 3.05) is 0 Å². The number of aromatic nitrogens is 4. The Morgan fingerprint density at radius 2 is 2.10 bits per heavy atom. The van der Waals surface area contributed by atoms with E-state index in [1.54, 1.807) is 24.1 Å². The molecule has 1 amide bonds. The van der Waals surface area contributed by atoms with Crippen LogP contribution in [0.5, 0.6) is 0 Å². The van der Waals surface area contributed by atoms with Crippen LogP contribution >= 0.6 is 15.9 Å². The molecule has 1 N–H and O–H groups in total. The van der Waals surface area contributed by atoms with Crippen molar-refractivity contribution in [1.29, 1.82) is 0 Å². The number of aryl methyl sites for hydroxylation is 2. The highest BCUT2D eigenvalue weighted by atomic mass is 79.9. The van der Waals surface area contributed by atoms with Crippen LogP contribution in [0.1, 0.15) is 21.7 Å². The fourth-order valence-electron chi connectivity index (χ4n) is 1.76. The maximum absolute atomic E-state index is 12.7. The van der Waals surface area contributed by atoms with Crippen LogP contribution in [0.15, 0.2) is 16.9 Å². The molecular weight excluding hydrogens is 355 g/mol. The number of carbonyl (C=O) groups excluding carboxylic acids is 1.